The number of halogens is 1. The molecule has 3 N–H and O–H groups in total. The molecule has 0 aliphatic heterocycles. The van der Waals surface area contributed by atoms with Gasteiger partial charge in [-0.15, -0.1) is 12.4 Å². The second-order valence-electron chi connectivity index (χ2n) is 5.64. The van der Waals surface area contributed by atoms with E-state index in [-0.39, 0.29) is 23.9 Å². The molecule has 1 unspecified atom stereocenters. The van der Waals surface area contributed by atoms with E-state index in [1.165, 1.54) is 0 Å². The molecule has 1 atom stereocenters. The fourth-order valence-electron chi connectivity index (χ4n) is 2.28. The summed E-state index contributed by atoms with van der Waals surface area (Å²) < 4.78 is 5.37. The SMILES string of the molecule is Cc1cc(C(=O)NC(C)(CN)CC(C)C)c(C)o1.Cl. The predicted molar refractivity (Wildman–Crippen MR) is 79.8 cm³/mol. The van der Waals surface area contributed by atoms with Gasteiger partial charge in [0.1, 0.15) is 11.5 Å². The highest BCUT2D eigenvalue weighted by Crippen LogP contribution is 2.18. The summed E-state index contributed by atoms with van der Waals surface area (Å²) in [4.78, 5) is 12.2. The van der Waals surface area contributed by atoms with Crippen LogP contribution in [0.5, 0.6) is 0 Å². The first kappa shape index (κ1) is 18.0. The summed E-state index contributed by atoms with van der Waals surface area (Å²) in [5, 5.41) is 3.02. The molecule has 4 nitrogen and oxygen atoms in total. The summed E-state index contributed by atoms with van der Waals surface area (Å²) in [6, 6.07) is 1.76. The quantitative estimate of drug-likeness (QED) is 0.875. The molecule has 0 spiro atoms. The van der Waals surface area contributed by atoms with Crippen LogP contribution in [-0.4, -0.2) is 18.0 Å². The first-order valence-electron chi connectivity index (χ1n) is 6.37. The highest BCUT2D eigenvalue weighted by molar-refractivity contribution is 5.95. The minimum absolute atomic E-state index is 0. The van der Waals surface area contributed by atoms with E-state index < -0.39 is 0 Å². The van der Waals surface area contributed by atoms with Crippen molar-refractivity contribution >= 4 is 18.3 Å². The lowest BCUT2D eigenvalue weighted by Gasteiger charge is -2.31. The zero-order valence-electron chi connectivity index (χ0n) is 12.4. The molecular formula is C14H25ClN2O2. The van der Waals surface area contributed by atoms with Gasteiger partial charge in [0.05, 0.1) is 5.56 Å². The Morgan fingerprint density at radius 1 is 1.47 bits per heavy atom. The maximum absolute atomic E-state index is 12.2. The third kappa shape index (κ3) is 4.88. The van der Waals surface area contributed by atoms with Crippen molar-refractivity contribution in [2.45, 2.75) is 46.6 Å². The zero-order chi connectivity index (χ0) is 13.9. The van der Waals surface area contributed by atoms with Crippen LogP contribution in [0.25, 0.3) is 0 Å². The fourth-order valence-corrected chi connectivity index (χ4v) is 2.28. The predicted octanol–water partition coefficient (Wildman–Crippen LogP) is 2.81. The second kappa shape index (κ2) is 6.96. The molecular weight excluding hydrogens is 264 g/mol. The number of nitrogens with one attached hydrogen (secondary N) is 1. The van der Waals surface area contributed by atoms with E-state index in [0.717, 1.165) is 12.2 Å². The summed E-state index contributed by atoms with van der Waals surface area (Å²) in [6.07, 6.45) is 0.852. The van der Waals surface area contributed by atoms with Gasteiger partial charge < -0.3 is 15.5 Å². The second-order valence-corrected chi connectivity index (χ2v) is 5.64. The van der Waals surface area contributed by atoms with Gasteiger partial charge in [0, 0.05) is 12.1 Å². The summed E-state index contributed by atoms with van der Waals surface area (Å²) in [7, 11) is 0. The molecule has 1 rings (SSSR count). The van der Waals surface area contributed by atoms with Crippen molar-refractivity contribution < 1.29 is 9.21 Å². The number of rotatable bonds is 5. The lowest BCUT2D eigenvalue weighted by molar-refractivity contribution is 0.0896. The van der Waals surface area contributed by atoms with Crippen LogP contribution in [0.3, 0.4) is 0 Å². The number of carbonyl (C=O) groups excluding carboxylic acids is 1. The molecule has 0 aliphatic carbocycles. The molecule has 19 heavy (non-hydrogen) atoms. The molecule has 0 aliphatic rings. The van der Waals surface area contributed by atoms with Crippen LogP contribution in [0, 0.1) is 19.8 Å². The van der Waals surface area contributed by atoms with Gasteiger partial charge in [-0.25, -0.2) is 0 Å². The minimum atomic E-state index is -0.372. The van der Waals surface area contributed by atoms with Gasteiger partial charge in [-0.2, -0.15) is 0 Å². The van der Waals surface area contributed by atoms with Crippen LogP contribution >= 0.6 is 12.4 Å². The molecule has 0 bridgehead atoms. The molecule has 1 aromatic heterocycles. The highest BCUT2D eigenvalue weighted by Gasteiger charge is 2.27. The maximum atomic E-state index is 12.2. The van der Waals surface area contributed by atoms with Crippen LogP contribution < -0.4 is 11.1 Å². The molecule has 0 radical (unpaired) electrons. The Kier molecular flexibility index (Phi) is 6.60. The lowest BCUT2D eigenvalue weighted by atomic mass is 9.90. The van der Waals surface area contributed by atoms with Crippen LogP contribution in [-0.2, 0) is 0 Å². The van der Waals surface area contributed by atoms with Gasteiger partial charge in [-0.05, 0) is 39.2 Å². The van der Waals surface area contributed by atoms with Gasteiger partial charge in [-0.1, -0.05) is 13.8 Å². The first-order chi connectivity index (χ1) is 8.27. The first-order valence-corrected chi connectivity index (χ1v) is 6.37. The highest BCUT2D eigenvalue weighted by atomic mass is 35.5. The minimum Gasteiger partial charge on any atom is -0.466 e. The van der Waals surface area contributed by atoms with Gasteiger partial charge in [-0.3, -0.25) is 4.79 Å². The Balaban J connectivity index is 0.00000324. The molecule has 1 amide bonds. The van der Waals surface area contributed by atoms with E-state index in [1.54, 1.807) is 13.0 Å². The summed E-state index contributed by atoms with van der Waals surface area (Å²) in [6.45, 7) is 10.3. The van der Waals surface area contributed by atoms with Gasteiger partial charge in [0.25, 0.3) is 5.91 Å². The molecule has 110 valence electrons. The monoisotopic (exact) mass is 288 g/mol. The average molecular weight is 289 g/mol. The molecule has 0 fully saturated rings. The molecule has 5 heteroatoms. The smallest absolute Gasteiger partial charge is 0.255 e. The van der Waals surface area contributed by atoms with Gasteiger partial charge in [0.15, 0.2) is 0 Å². The van der Waals surface area contributed by atoms with Crippen molar-refractivity contribution in [1.29, 1.82) is 0 Å². The van der Waals surface area contributed by atoms with Crippen molar-refractivity contribution in [3.8, 4) is 0 Å². The van der Waals surface area contributed by atoms with Crippen LogP contribution in [0.2, 0.25) is 0 Å². The third-order valence-electron chi connectivity index (χ3n) is 3.01. The number of nitrogens with two attached hydrogens (primary N) is 1. The summed E-state index contributed by atoms with van der Waals surface area (Å²) >= 11 is 0. The lowest BCUT2D eigenvalue weighted by Crippen LogP contribution is -2.52. The van der Waals surface area contributed by atoms with E-state index in [9.17, 15) is 4.79 Å². The van der Waals surface area contributed by atoms with E-state index in [2.05, 4.69) is 19.2 Å². The Morgan fingerprint density at radius 3 is 2.42 bits per heavy atom. The molecule has 1 heterocycles. The number of hydrogen-bond acceptors (Lipinski definition) is 3. The molecule has 1 aromatic rings. The maximum Gasteiger partial charge on any atom is 0.255 e. The molecule has 0 saturated carbocycles. The van der Waals surface area contributed by atoms with E-state index in [1.807, 2.05) is 13.8 Å². The third-order valence-corrected chi connectivity index (χ3v) is 3.01. The van der Waals surface area contributed by atoms with E-state index in [0.29, 0.717) is 23.8 Å². The zero-order valence-corrected chi connectivity index (χ0v) is 13.2. The fraction of sp³-hybridized carbons (Fsp3) is 0.643. The summed E-state index contributed by atoms with van der Waals surface area (Å²) in [5.74, 6) is 1.76. The summed E-state index contributed by atoms with van der Waals surface area (Å²) in [5.41, 5.74) is 6.01. The standard InChI is InChI=1S/C14H24N2O2.ClH/c1-9(2)7-14(5,8-15)16-13(17)12-6-10(3)18-11(12)4;/h6,9H,7-8,15H2,1-5H3,(H,16,17);1H. The Morgan fingerprint density at radius 2 is 2.05 bits per heavy atom. The van der Waals surface area contributed by atoms with Crippen molar-refractivity contribution in [2.24, 2.45) is 11.7 Å². The Labute approximate surface area is 121 Å². The van der Waals surface area contributed by atoms with Crippen molar-refractivity contribution in [1.82, 2.24) is 5.32 Å². The Hall–Kier alpha value is -1.000. The van der Waals surface area contributed by atoms with Crippen LogP contribution in [0.1, 0.15) is 49.1 Å². The van der Waals surface area contributed by atoms with Gasteiger partial charge in [0.2, 0.25) is 0 Å². The van der Waals surface area contributed by atoms with Crippen molar-refractivity contribution in [2.75, 3.05) is 6.54 Å². The number of furan rings is 1. The topological polar surface area (TPSA) is 68.3 Å². The number of hydrogen-bond donors (Lipinski definition) is 2. The van der Waals surface area contributed by atoms with Gasteiger partial charge >= 0.3 is 0 Å². The molecule has 0 aromatic carbocycles. The van der Waals surface area contributed by atoms with Crippen molar-refractivity contribution in [3.63, 3.8) is 0 Å². The van der Waals surface area contributed by atoms with E-state index in [4.69, 9.17) is 10.2 Å². The largest absolute Gasteiger partial charge is 0.466 e. The number of amides is 1. The normalized spacial score (nSPS) is 13.8. The van der Waals surface area contributed by atoms with Crippen LogP contribution in [0.4, 0.5) is 0 Å². The number of carbonyl (C=O) groups is 1. The Bertz CT molecular complexity index is 429. The number of aryl methyl sites for hydroxylation is 2. The average Bonchev–Trinajstić information content (AvgIpc) is 2.56. The van der Waals surface area contributed by atoms with Crippen molar-refractivity contribution in [3.05, 3.63) is 23.2 Å². The van der Waals surface area contributed by atoms with Crippen LogP contribution in [0.15, 0.2) is 10.5 Å². The van der Waals surface area contributed by atoms with E-state index >= 15 is 0 Å². The molecule has 0 saturated heterocycles.